The first-order valence-electron chi connectivity index (χ1n) is 9.67. The fourth-order valence-corrected chi connectivity index (χ4v) is 3.15. The van der Waals surface area contributed by atoms with Crippen molar-refractivity contribution < 1.29 is 19.1 Å². The standard InChI is InChI=1S/C23H26N2O4/c1-28-23(27)19-9-6-18(7-10-19)8-11-22(26)24-16-20-4-2-3-5-21(20)17-25-12-14-29-15-13-25/h2-11H,12-17H2,1H3,(H,24,26)/b11-8+. The molecule has 1 aliphatic rings. The lowest BCUT2D eigenvalue weighted by Crippen LogP contribution is -2.36. The van der Waals surface area contributed by atoms with Gasteiger partial charge in [0.05, 0.1) is 25.9 Å². The molecule has 2 aromatic rings. The monoisotopic (exact) mass is 394 g/mol. The molecule has 0 atom stereocenters. The Morgan fingerprint density at radius 1 is 1.07 bits per heavy atom. The van der Waals surface area contributed by atoms with Crippen LogP contribution in [0.4, 0.5) is 0 Å². The summed E-state index contributed by atoms with van der Waals surface area (Å²) in [6.07, 6.45) is 3.22. The molecular formula is C23H26N2O4. The molecular weight excluding hydrogens is 368 g/mol. The molecule has 1 saturated heterocycles. The molecule has 2 aromatic carbocycles. The van der Waals surface area contributed by atoms with E-state index in [1.807, 2.05) is 18.2 Å². The maximum atomic E-state index is 12.2. The summed E-state index contributed by atoms with van der Waals surface area (Å²) >= 11 is 0. The summed E-state index contributed by atoms with van der Waals surface area (Å²) < 4.78 is 10.1. The second-order valence-corrected chi connectivity index (χ2v) is 6.82. The van der Waals surface area contributed by atoms with E-state index in [9.17, 15) is 9.59 Å². The summed E-state index contributed by atoms with van der Waals surface area (Å²) in [4.78, 5) is 26.0. The molecule has 0 aromatic heterocycles. The van der Waals surface area contributed by atoms with Crippen molar-refractivity contribution in [3.63, 3.8) is 0 Å². The van der Waals surface area contributed by atoms with Gasteiger partial charge >= 0.3 is 5.97 Å². The van der Waals surface area contributed by atoms with Gasteiger partial charge in [0.25, 0.3) is 0 Å². The van der Waals surface area contributed by atoms with Crippen molar-refractivity contribution in [1.29, 1.82) is 0 Å². The summed E-state index contributed by atoms with van der Waals surface area (Å²) in [5, 5.41) is 2.94. The van der Waals surface area contributed by atoms with E-state index in [1.165, 1.54) is 18.7 Å². The zero-order valence-electron chi connectivity index (χ0n) is 16.6. The number of amides is 1. The van der Waals surface area contributed by atoms with Gasteiger partial charge in [-0.15, -0.1) is 0 Å². The summed E-state index contributed by atoms with van der Waals surface area (Å²) in [5.74, 6) is -0.544. The summed E-state index contributed by atoms with van der Waals surface area (Å²) in [7, 11) is 1.35. The van der Waals surface area contributed by atoms with Gasteiger partial charge in [0.2, 0.25) is 5.91 Å². The van der Waals surface area contributed by atoms with Crippen molar-refractivity contribution in [1.82, 2.24) is 10.2 Å². The van der Waals surface area contributed by atoms with Crippen LogP contribution in [0, 0.1) is 0 Å². The molecule has 1 N–H and O–H groups in total. The highest BCUT2D eigenvalue weighted by atomic mass is 16.5. The second-order valence-electron chi connectivity index (χ2n) is 6.82. The van der Waals surface area contributed by atoms with Crippen LogP contribution in [0.2, 0.25) is 0 Å². The minimum atomic E-state index is -0.381. The van der Waals surface area contributed by atoms with Crippen LogP contribution in [0.25, 0.3) is 6.08 Å². The van der Waals surface area contributed by atoms with Crippen molar-refractivity contribution in [2.24, 2.45) is 0 Å². The van der Waals surface area contributed by atoms with Crippen LogP contribution in [0.3, 0.4) is 0 Å². The maximum absolute atomic E-state index is 12.2. The van der Waals surface area contributed by atoms with E-state index in [0.29, 0.717) is 12.1 Å². The zero-order valence-corrected chi connectivity index (χ0v) is 16.6. The van der Waals surface area contributed by atoms with E-state index >= 15 is 0 Å². The Morgan fingerprint density at radius 3 is 2.45 bits per heavy atom. The smallest absolute Gasteiger partial charge is 0.337 e. The first kappa shape index (κ1) is 20.8. The number of methoxy groups -OCH3 is 1. The average molecular weight is 394 g/mol. The average Bonchev–Trinajstić information content (AvgIpc) is 2.77. The van der Waals surface area contributed by atoms with Crippen molar-refractivity contribution in [2.45, 2.75) is 13.1 Å². The third kappa shape index (κ3) is 6.27. The number of ether oxygens (including phenoxy) is 2. The van der Waals surface area contributed by atoms with Crippen LogP contribution in [0.5, 0.6) is 0 Å². The third-order valence-corrected chi connectivity index (χ3v) is 4.83. The van der Waals surface area contributed by atoms with Gasteiger partial charge in [0.1, 0.15) is 0 Å². The molecule has 29 heavy (non-hydrogen) atoms. The highest BCUT2D eigenvalue weighted by Gasteiger charge is 2.12. The molecule has 1 fully saturated rings. The van der Waals surface area contributed by atoms with Gasteiger partial charge in [0.15, 0.2) is 0 Å². The fourth-order valence-electron chi connectivity index (χ4n) is 3.15. The first-order chi connectivity index (χ1) is 14.2. The number of hydrogen-bond donors (Lipinski definition) is 1. The lowest BCUT2D eigenvalue weighted by atomic mass is 10.1. The Labute approximate surface area is 171 Å². The zero-order chi connectivity index (χ0) is 20.5. The summed E-state index contributed by atoms with van der Waals surface area (Å²) in [6, 6.07) is 15.1. The summed E-state index contributed by atoms with van der Waals surface area (Å²) in [6.45, 7) is 4.73. The van der Waals surface area contributed by atoms with Gasteiger partial charge in [-0.3, -0.25) is 9.69 Å². The second kappa shape index (κ2) is 10.5. The Hall–Kier alpha value is -2.96. The molecule has 3 rings (SSSR count). The largest absolute Gasteiger partial charge is 0.465 e. The molecule has 1 heterocycles. The van der Waals surface area contributed by atoms with E-state index in [1.54, 1.807) is 30.3 Å². The van der Waals surface area contributed by atoms with Gasteiger partial charge in [-0.25, -0.2) is 4.79 Å². The molecule has 0 radical (unpaired) electrons. The van der Waals surface area contributed by atoms with Gasteiger partial charge in [-0.05, 0) is 34.9 Å². The topological polar surface area (TPSA) is 67.9 Å². The summed E-state index contributed by atoms with van der Waals surface area (Å²) in [5.41, 5.74) is 3.65. The SMILES string of the molecule is COC(=O)c1ccc(/C=C/C(=O)NCc2ccccc2CN2CCOCC2)cc1. The lowest BCUT2D eigenvalue weighted by Gasteiger charge is -2.27. The number of nitrogens with one attached hydrogen (secondary N) is 1. The molecule has 6 heteroatoms. The van der Waals surface area contributed by atoms with Crippen molar-refractivity contribution in [2.75, 3.05) is 33.4 Å². The molecule has 0 saturated carbocycles. The minimum absolute atomic E-state index is 0.164. The Bertz CT molecular complexity index is 855. The van der Waals surface area contributed by atoms with Crippen LogP contribution in [0.1, 0.15) is 27.0 Å². The molecule has 152 valence electrons. The normalized spacial score (nSPS) is 14.7. The number of morpholine rings is 1. The quantitative estimate of drug-likeness (QED) is 0.578. The molecule has 6 nitrogen and oxygen atoms in total. The predicted molar refractivity (Wildman–Crippen MR) is 111 cm³/mol. The lowest BCUT2D eigenvalue weighted by molar-refractivity contribution is -0.116. The van der Waals surface area contributed by atoms with E-state index < -0.39 is 0 Å². The van der Waals surface area contributed by atoms with E-state index in [0.717, 1.165) is 44.0 Å². The van der Waals surface area contributed by atoms with Crippen molar-refractivity contribution >= 4 is 18.0 Å². The molecule has 1 amide bonds. The number of esters is 1. The van der Waals surface area contributed by atoms with Gasteiger partial charge in [-0.2, -0.15) is 0 Å². The number of rotatable bonds is 7. The fraction of sp³-hybridized carbons (Fsp3) is 0.304. The van der Waals surface area contributed by atoms with E-state index in [4.69, 9.17) is 4.74 Å². The number of carbonyl (C=O) groups is 2. The molecule has 0 bridgehead atoms. The van der Waals surface area contributed by atoms with Crippen molar-refractivity contribution in [3.8, 4) is 0 Å². The molecule has 0 aliphatic carbocycles. The number of nitrogens with zero attached hydrogens (tertiary/aromatic N) is 1. The van der Waals surface area contributed by atoms with Gasteiger partial charge < -0.3 is 14.8 Å². The van der Waals surface area contributed by atoms with Crippen molar-refractivity contribution in [3.05, 3.63) is 76.9 Å². The van der Waals surface area contributed by atoms with Crippen LogP contribution in [-0.4, -0.2) is 50.2 Å². The van der Waals surface area contributed by atoms with Crippen LogP contribution < -0.4 is 5.32 Å². The molecule has 0 spiro atoms. The number of carbonyl (C=O) groups excluding carboxylic acids is 2. The molecule has 1 aliphatic heterocycles. The Kier molecular flexibility index (Phi) is 7.55. The van der Waals surface area contributed by atoms with Gasteiger partial charge in [0, 0.05) is 32.3 Å². The minimum Gasteiger partial charge on any atom is -0.465 e. The third-order valence-electron chi connectivity index (χ3n) is 4.83. The van der Waals surface area contributed by atoms with Crippen LogP contribution >= 0.6 is 0 Å². The molecule has 0 unspecified atom stereocenters. The first-order valence-corrected chi connectivity index (χ1v) is 9.67. The van der Waals surface area contributed by atoms with E-state index in [2.05, 4.69) is 21.0 Å². The predicted octanol–water partition coefficient (Wildman–Crippen LogP) is 2.64. The van der Waals surface area contributed by atoms with E-state index in [-0.39, 0.29) is 11.9 Å². The van der Waals surface area contributed by atoms with Crippen LogP contribution in [0.15, 0.2) is 54.6 Å². The Morgan fingerprint density at radius 2 is 1.76 bits per heavy atom. The highest BCUT2D eigenvalue weighted by molar-refractivity contribution is 5.92. The maximum Gasteiger partial charge on any atom is 0.337 e. The Balaban J connectivity index is 1.54. The van der Waals surface area contributed by atoms with Crippen LogP contribution in [-0.2, 0) is 27.4 Å². The number of hydrogen-bond acceptors (Lipinski definition) is 5. The highest BCUT2D eigenvalue weighted by Crippen LogP contribution is 2.13. The number of benzene rings is 2. The van der Waals surface area contributed by atoms with Gasteiger partial charge in [-0.1, -0.05) is 36.4 Å².